The van der Waals surface area contributed by atoms with Crippen LogP contribution in [0.5, 0.6) is 0 Å². The third-order valence-corrected chi connectivity index (χ3v) is 3.55. The summed E-state index contributed by atoms with van der Waals surface area (Å²) >= 11 is 6.00. The van der Waals surface area contributed by atoms with Crippen LogP contribution in [-0.2, 0) is 4.74 Å². The van der Waals surface area contributed by atoms with Gasteiger partial charge in [0.1, 0.15) is 11.5 Å². The zero-order valence-electron chi connectivity index (χ0n) is 11.1. The van der Waals surface area contributed by atoms with Gasteiger partial charge in [0.25, 0.3) is 5.91 Å². The second kappa shape index (κ2) is 5.75. The lowest BCUT2D eigenvalue weighted by atomic mass is 10.0. The Hall–Kier alpha value is -1.33. The van der Waals surface area contributed by atoms with Crippen molar-refractivity contribution in [2.75, 3.05) is 25.5 Å². The third-order valence-electron chi connectivity index (χ3n) is 3.24. The molecule has 1 aliphatic heterocycles. The highest BCUT2D eigenvalue weighted by atomic mass is 35.5. The molecule has 0 aliphatic carbocycles. The number of nitrogens with zero attached hydrogens (tertiary/aromatic N) is 1. The lowest BCUT2D eigenvalue weighted by Crippen LogP contribution is -2.40. The fourth-order valence-electron chi connectivity index (χ4n) is 2.07. The number of amides is 1. The van der Waals surface area contributed by atoms with Crippen molar-refractivity contribution in [3.63, 3.8) is 0 Å². The Bertz CT molecular complexity index is 473. The molecule has 1 aromatic heterocycles. The first-order valence-corrected chi connectivity index (χ1v) is 6.68. The molecule has 104 valence electrons. The van der Waals surface area contributed by atoms with E-state index in [1.54, 1.807) is 19.2 Å². The highest BCUT2D eigenvalue weighted by Crippen LogP contribution is 2.24. The summed E-state index contributed by atoms with van der Waals surface area (Å²) in [7, 11) is 1.74. The first kappa shape index (κ1) is 14.1. The molecule has 2 N–H and O–H groups in total. The largest absolute Gasteiger partial charge is 0.373 e. The quantitative estimate of drug-likeness (QED) is 0.888. The molecule has 19 heavy (non-hydrogen) atoms. The highest BCUT2D eigenvalue weighted by Gasteiger charge is 2.30. The van der Waals surface area contributed by atoms with Gasteiger partial charge in [0, 0.05) is 20.2 Å². The topological polar surface area (TPSA) is 63.2 Å². The predicted octanol–water partition coefficient (Wildman–Crippen LogP) is 2.08. The third kappa shape index (κ3) is 3.36. The number of halogens is 1. The second-order valence-electron chi connectivity index (χ2n) is 4.86. The van der Waals surface area contributed by atoms with Gasteiger partial charge in [0.05, 0.1) is 10.6 Å². The van der Waals surface area contributed by atoms with E-state index in [9.17, 15) is 4.79 Å². The number of pyridine rings is 1. The minimum Gasteiger partial charge on any atom is -0.373 e. The molecule has 1 saturated heterocycles. The van der Waals surface area contributed by atoms with E-state index >= 15 is 0 Å². The number of carbonyl (C=O) groups is 1. The summed E-state index contributed by atoms with van der Waals surface area (Å²) in [5.74, 6) is 0.330. The van der Waals surface area contributed by atoms with Gasteiger partial charge < -0.3 is 15.4 Å². The van der Waals surface area contributed by atoms with Gasteiger partial charge in [-0.05, 0) is 31.9 Å². The molecular weight excluding hydrogens is 266 g/mol. The summed E-state index contributed by atoms with van der Waals surface area (Å²) in [5, 5.41) is 6.06. The highest BCUT2D eigenvalue weighted by molar-refractivity contribution is 6.33. The summed E-state index contributed by atoms with van der Waals surface area (Å²) in [6.07, 6.45) is 1.98. The molecule has 0 bridgehead atoms. The molecule has 0 saturated carbocycles. The SMILES string of the molecule is CNc1ccc(Cl)c(C(=O)NCC2(C)CCCO2)n1. The molecule has 2 heterocycles. The van der Waals surface area contributed by atoms with Crippen LogP contribution in [0.3, 0.4) is 0 Å². The Morgan fingerprint density at radius 2 is 2.37 bits per heavy atom. The first-order chi connectivity index (χ1) is 9.04. The molecule has 1 unspecified atom stereocenters. The van der Waals surface area contributed by atoms with Crippen molar-refractivity contribution >= 4 is 23.3 Å². The monoisotopic (exact) mass is 283 g/mol. The van der Waals surface area contributed by atoms with Gasteiger partial charge in [0.2, 0.25) is 0 Å². The smallest absolute Gasteiger partial charge is 0.271 e. The average molecular weight is 284 g/mol. The summed E-state index contributed by atoms with van der Waals surface area (Å²) in [6, 6.07) is 3.38. The number of rotatable bonds is 4. The Labute approximate surface area is 117 Å². The van der Waals surface area contributed by atoms with E-state index in [1.165, 1.54) is 0 Å². The summed E-state index contributed by atoms with van der Waals surface area (Å²) < 4.78 is 5.62. The molecule has 1 aliphatic rings. The molecule has 0 radical (unpaired) electrons. The summed E-state index contributed by atoms with van der Waals surface area (Å²) in [6.45, 7) is 3.22. The van der Waals surface area contributed by atoms with Crippen molar-refractivity contribution in [1.82, 2.24) is 10.3 Å². The number of hydrogen-bond acceptors (Lipinski definition) is 4. The Kier molecular flexibility index (Phi) is 4.27. The zero-order valence-corrected chi connectivity index (χ0v) is 11.9. The molecule has 1 fully saturated rings. The van der Waals surface area contributed by atoms with Gasteiger partial charge in [-0.25, -0.2) is 4.98 Å². The van der Waals surface area contributed by atoms with E-state index in [-0.39, 0.29) is 17.2 Å². The van der Waals surface area contributed by atoms with E-state index < -0.39 is 0 Å². The second-order valence-corrected chi connectivity index (χ2v) is 5.27. The van der Waals surface area contributed by atoms with E-state index in [0.717, 1.165) is 19.4 Å². The van der Waals surface area contributed by atoms with Crippen molar-refractivity contribution in [3.05, 3.63) is 22.8 Å². The van der Waals surface area contributed by atoms with E-state index in [1.807, 2.05) is 6.92 Å². The molecule has 1 atom stereocenters. The van der Waals surface area contributed by atoms with Gasteiger partial charge in [-0.1, -0.05) is 11.6 Å². The van der Waals surface area contributed by atoms with Crippen LogP contribution in [0.1, 0.15) is 30.3 Å². The first-order valence-electron chi connectivity index (χ1n) is 6.30. The van der Waals surface area contributed by atoms with Crippen molar-refractivity contribution < 1.29 is 9.53 Å². The zero-order chi connectivity index (χ0) is 13.9. The minimum atomic E-state index is -0.279. The van der Waals surface area contributed by atoms with Gasteiger partial charge >= 0.3 is 0 Å². The number of carbonyl (C=O) groups excluding carboxylic acids is 1. The lowest BCUT2D eigenvalue weighted by Gasteiger charge is -2.23. The molecule has 5 nitrogen and oxygen atoms in total. The van der Waals surface area contributed by atoms with E-state index in [2.05, 4.69) is 15.6 Å². The number of nitrogens with one attached hydrogen (secondary N) is 2. The normalized spacial score (nSPS) is 22.3. The van der Waals surface area contributed by atoms with Crippen LogP contribution in [0, 0.1) is 0 Å². The van der Waals surface area contributed by atoms with Crippen molar-refractivity contribution in [1.29, 1.82) is 0 Å². The van der Waals surface area contributed by atoms with Crippen LogP contribution in [0.15, 0.2) is 12.1 Å². The van der Waals surface area contributed by atoms with E-state index in [0.29, 0.717) is 17.4 Å². The maximum Gasteiger partial charge on any atom is 0.271 e. The number of ether oxygens (including phenoxy) is 1. The molecule has 6 heteroatoms. The molecular formula is C13H18ClN3O2. The maximum atomic E-state index is 12.1. The average Bonchev–Trinajstić information content (AvgIpc) is 2.84. The summed E-state index contributed by atoms with van der Waals surface area (Å²) in [4.78, 5) is 16.3. The molecule has 0 spiro atoms. The molecule has 1 aromatic rings. The molecule has 0 aromatic carbocycles. The van der Waals surface area contributed by atoms with Crippen LogP contribution in [0.25, 0.3) is 0 Å². The lowest BCUT2D eigenvalue weighted by molar-refractivity contribution is 0.0205. The number of hydrogen-bond donors (Lipinski definition) is 2. The Balaban J connectivity index is 2.03. The number of aromatic nitrogens is 1. The van der Waals surface area contributed by atoms with Gasteiger partial charge in [0.15, 0.2) is 0 Å². The van der Waals surface area contributed by atoms with Crippen LogP contribution in [0.2, 0.25) is 5.02 Å². The number of anilines is 1. The standard InChI is InChI=1S/C13H18ClN3O2/c1-13(6-3-7-19-13)8-16-12(18)11-9(14)4-5-10(15-2)17-11/h4-5H,3,6-8H2,1-2H3,(H,15,17)(H,16,18). The fraction of sp³-hybridized carbons (Fsp3) is 0.538. The van der Waals surface area contributed by atoms with Gasteiger partial charge in [-0.15, -0.1) is 0 Å². The maximum absolute atomic E-state index is 12.1. The molecule has 1 amide bonds. The van der Waals surface area contributed by atoms with Crippen molar-refractivity contribution in [2.45, 2.75) is 25.4 Å². The van der Waals surface area contributed by atoms with Gasteiger partial charge in [-0.3, -0.25) is 4.79 Å². The predicted molar refractivity (Wildman–Crippen MR) is 74.7 cm³/mol. The van der Waals surface area contributed by atoms with Gasteiger partial charge in [-0.2, -0.15) is 0 Å². The minimum absolute atomic E-state index is 0.232. The van der Waals surface area contributed by atoms with Crippen molar-refractivity contribution in [2.24, 2.45) is 0 Å². The Morgan fingerprint density at radius 3 is 3.00 bits per heavy atom. The fourth-order valence-corrected chi connectivity index (χ4v) is 2.26. The van der Waals surface area contributed by atoms with Crippen LogP contribution < -0.4 is 10.6 Å². The van der Waals surface area contributed by atoms with Crippen LogP contribution in [-0.4, -0.2) is 36.7 Å². The summed E-state index contributed by atoms with van der Waals surface area (Å²) in [5.41, 5.74) is -0.0435. The van der Waals surface area contributed by atoms with E-state index in [4.69, 9.17) is 16.3 Å². The van der Waals surface area contributed by atoms with Crippen molar-refractivity contribution in [3.8, 4) is 0 Å². The van der Waals surface area contributed by atoms with Crippen LogP contribution in [0.4, 0.5) is 5.82 Å². The Morgan fingerprint density at radius 1 is 1.58 bits per heavy atom. The molecule has 2 rings (SSSR count). The van der Waals surface area contributed by atoms with Crippen LogP contribution >= 0.6 is 11.6 Å².